The molecule has 0 saturated carbocycles. The second-order valence-corrected chi connectivity index (χ2v) is 5.22. The van der Waals surface area contributed by atoms with Gasteiger partial charge in [0.25, 0.3) is 5.91 Å². The van der Waals surface area contributed by atoms with Gasteiger partial charge in [-0.25, -0.2) is 0 Å². The summed E-state index contributed by atoms with van der Waals surface area (Å²) in [7, 11) is 3.17. The van der Waals surface area contributed by atoms with E-state index in [9.17, 15) is 4.79 Å². The van der Waals surface area contributed by atoms with Crippen molar-refractivity contribution in [2.45, 2.75) is 25.8 Å². The lowest BCUT2D eigenvalue weighted by Crippen LogP contribution is -2.47. The molecule has 1 N–H and O–H groups in total. The lowest BCUT2D eigenvalue weighted by Gasteiger charge is -2.33. The van der Waals surface area contributed by atoms with Crippen LogP contribution in [0.5, 0.6) is 11.5 Å². The van der Waals surface area contributed by atoms with Crippen molar-refractivity contribution in [2.24, 2.45) is 0 Å². The molecule has 5 heteroatoms. The molecule has 116 valence electrons. The van der Waals surface area contributed by atoms with Gasteiger partial charge in [-0.1, -0.05) is 6.92 Å². The Morgan fingerprint density at radius 1 is 1.33 bits per heavy atom. The average molecular weight is 292 g/mol. The largest absolute Gasteiger partial charge is 0.493 e. The molecule has 1 fully saturated rings. The van der Waals surface area contributed by atoms with Crippen molar-refractivity contribution in [1.82, 2.24) is 10.2 Å². The molecule has 1 unspecified atom stereocenters. The lowest BCUT2D eigenvalue weighted by atomic mass is 10.0. The number of carbonyl (C=O) groups excluding carboxylic acids is 1. The van der Waals surface area contributed by atoms with E-state index >= 15 is 0 Å². The number of rotatable bonds is 5. The third kappa shape index (κ3) is 3.67. The molecule has 1 heterocycles. The number of nitrogens with zero attached hydrogens (tertiary/aromatic N) is 1. The summed E-state index contributed by atoms with van der Waals surface area (Å²) in [6, 6.07) is 5.71. The van der Waals surface area contributed by atoms with Gasteiger partial charge in [0, 0.05) is 24.7 Å². The van der Waals surface area contributed by atoms with Crippen LogP contribution in [-0.4, -0.2) is 50.7 Å². The van der Waals surface area contributed by atoms with Gasteiger partial charge >= 0.3 is 0 Å². The standard InChI is InChI=1S/C16H24N2O3/c1-4-17-13-6-5-9-18(11-13)16(19)12-7-8-14(20-2)15(10-12)21-3/h7-8,10,13,17H,4-6,9,11H2,1-3H3. The van der Waals surface area contributed by atoms with Crippen LogP contribution in [0, 0.1) is 0 Å². The maximum absolute atomic E-state index is 12.6. The summed E-state index contributed by atoms with van der Waals surface area (Å²) >= 11 is 0. The first-order chi connectivity index (χ1) is 10.2. The van der Waals surface area contributed by atoms with Crippen LogP contribution in [0.4, 0.5) is 0 Å². The molecule has 5 nitrogen and oxygen atoms in total. The van der Waals surface area contributed by atoms with Gasteiger partial charge in [0.15, 0.2) is 11.5 Å². The van der Waals surface area contributed by atoms with Crippen LogP contribution >= 0.6 is 0 Å². The summed E-state index contributed by atoms with van der Waals surface area (Å²) in [5.41, 5.74) is 0.643. The number of amides is 1. The Balaban J connectivity index is 2.12. The highest BCUT2D eigenvalue weighted by atomic mass is 16.5. The first kappa shape index (κ1) is 15.6. The quantitative estimate of drug-likeness (QED) is 0.901. The van der Waals surface area contributed by atoms with E-state index in [1.165, 1.54) is 0 Å². The number of hydrogen-bond donors (Lipinski definition) is 1. The molecule has 0 radical (unpaired) electrons. The Morgan fingerprint density at radius 3 is 2.76 bits per heavy atom. The molecule has 1 aliphatic heterocycles. The molecule has 2 rings (SSSR count). The third-order valence-corrected chi connectivity index (χ3v) is 3.83. The van der Waals surface area contributed by atoms with Gasteiger partial charge < -0.3 is 19.7 Å². The van der Waals surface area contributed by atoms with E-state index in [1.807, 2.05) is 4.90 Å². The highest BCUT2D eigenvalue weighted by Crippen LogP contribution is 2.28. The summed E-state index contributed by atoms with van der Waals surface area (Å²) in [5, 5.41) is 3.42. The van der Waals surface area contributed by atoms with Crippen molar-refractivity contribution in [1.29, 1.82) is 0 Å². The Bertz CT molecular complexity index is 488. The number of piperidine rings is 1. The SMILES string of the molecule is CCNC1CCCN(C(=O)c2ccc(OC)c(OC)c2)C1. The summed E-state index contributed by atoms with van der Waals surface area (Å²) < 4.78 is 10.5. The number of carbonyl (C=O) groups is 1. The Kier molecular flexibility index (Phi) is 5.44. The minimum absolute atomic E-state index is 0.0542. The second kappa shape index (κ2) is 7.31. The minimum Gasteiger partial charge on any atom is -0.493 e. The highest BCUT2D eigenvalue weighted by Gasteiger charge is 2.24. The first-order valence-electron chi connectivity index (χ1n) is 7.44. The number of nitrogens with one attached hydrogen (secondary N) is 1. The second-order valence-electron chi connectivity index (χ2n) is 5.22. The van der Waals surface area contributed by atoms with E-state index in [0.29, 0.717) is 23.1 Å². The molecule has 0 aromatic heterocycles. The van der Waals surface area contributed by atoms with Crippen LogP contribution in [0.1, 0.15) is 30.1 Å². The minimum atomic E-state index is 0.0542. The van der Waals surface area contributed by atoms with Crippen molar-refractivity contribution in [3.63, 3.8) is 0 Å². The molecular weight excluding hydrogens is 268 g/mol. The zero-order valence-electron chi connectivity index (χ0n) is 13.0. The predicted molar refractivity (Wildman–Crippen MR) is 82.1 cm³/mol. The van der Waals surface area contributed by atoms with Gasteiger partial charge in [-0.3, -0.25) is 4.79 Å². The van der Waals surface area contributed by atoms with E-state index in [0.717, 1.165) is 32.5 Å². The molecule has 1 atom stereocenters. The van der Waals surface area contributed by atoms with Gasteiger partial charge in [0.05, 0.1) is 14.2 Å². The Labute approximate surface area is 126 Å². The fourth-order valence-corrected chi connectivity index (χ4v) is 2.77. The summed E-state index contributed by atoms with van der Waals surface area (Å²) in [6.45, 7) is 4.61. The Morgan fingerprint density at radius 2 is 2.10 bits per heavy atom. The van der Waals surface area contributed by atoms with Gasteiger partial charge in [-0.05, 0) is 37.6 Å². The highest BCUT2D eigenvalue weighted by molar-refractivity contribution is 5.95. The van der Waals surface area contributed by atoms with Crippen LogP contribution in [0.2, 0.25) is 0 Å². The molecular formula is C16H24N2O3. The topological polar surface area (TPSA) is 50.8 Å². The molecule has 1 aliphatic rings. The van der Waals surface area contributed by atoms with Crippen LogP contribution in [0.3, 0.4) is 0 Å². The number of methoxy groups -OCH3 is 2. The number of likely N-dealkylation sites (tertiary alicyclic amines) is 1. The van der Waals surface area contributed by atoms with Gasteiger partial charge in [0.2, 0.25) is 0 Å². The zero-order valence-corrected chi connectivity index (χ0v) is 13.0. The van der Waals surface area contributed by atoms with Gasteiger partial charge in [-0.2, -0.15) is 0 Å². The normalized spacial score (nSPS) is 18.4. The fraction of sp³-hybridized carbons (Fsp3) is 0.562. The summed E-state index contributed by atoms with van der Waals surface area (Å²) in [6.07, 6.45) is 2.17. The molecule has 0 aliphatic carbocycles. The third-order valence-electron chi connectivity index (χ3n) is 3.83. The molecule has 0 bridgehead atoms. The maximum Gasteiger partial charge on any atom is 0.254 e. The molecule has 0 spiro atoms. The van der Waals surface area contributed by atoms with Gasteiger partial charge in [0.1, 0.15) is 0 Å². The van der Waals surface area contributed by atoms with Crippen molar-refractivity contribution in [3.05, 3.63) is 23.8 Å². The number of benzene rings is 1. The molecule has 1 amide bonds. The first-order valence-corrected chi connectivity index (χ1v) is 7.44. The van der Waals surface area contributed by atoms with E-state index in [2.05, 4.69) is 12.2 Å². The van der Waals surface area contributed by atoms with E-state index in [1.54, 1.807) is 32.4 Å². The number of hydrogen-bond acceptors (Lipinski definition) is 4. The molecule has 1 saturated heterocycles. The van der Waals surface area contributed by atoms with Crippen LogP contribution in [0.15, 0.2) is 18.2 Å². The maximum atomic E-state index is 12.6. The fourth-order valence-electron chi connectivity index (χ4n) is 2.77. The van der Waals surface area contributed by atoms with Crippen molar-refractivity contribution in [3.8, 4) is 11.5 Å². The van der Waals surface area contributed by atoms with Crippen molar-refractivity contribution < 1.29 is 14.3 Å². The van der Waals surface area contributed by atoms with Gasteiger partial charge in [-0.15, -0.1) is 0 Å². The van der Waals surface area contributed by atoms with Crippen molar-refractivity contribution >= 4 is 5.91 Å². The summed E-state index contributed by atoms with van der Waals surface area (Å²) in [5.74, 6) is 1.28. The zero-order chi connectivity index (χ0) is 15.2. The Hall–Kier alpha value is -1.75. The van der Waals surface area contributed by atoms with Crippen molar-refractivity contribution in [2.75, 3.05) is 33.9 Å². The van der Waals surface area contributed by atoms with E-state index in [-0.39, 0.29) is 5.91 Å². The monoisotopic (exact) mass is 292 g/mol. The average Bonchev–Trinajstić information content (AvgIpc) is 2.54. The smallest absolute Gasteiger partial charge is 0.254 e. The predicted octanol–water partition coefficient (Wildman–Crippen LogP) is 1.92. The molecule has 1 aromatic rings. The summed E-state index contributed by atoms with van der Waals surface area (Å²) in [4.78, 5) is 14.5. The van der Waals surface area contributed by atoms with Crippen LogP contribution in [0.25, 0.3) is 0 Å². The number of likely N-dealkylation sites (N-methyl/N-ethyl adjacent to an activating group) is 1. The molecule has 1 aromatic carbocycles. The molecule has 21 heavy (non-hydrogen) atoms. The van der Waals surface area contributed by atoms with E-state index in [4.69, 9.17) is 9.47 Å². The van der Waals surface area contributed by atoms with Crippen LogP contribution < -0.4 is 14.8 Å². The van der Waals surface area contributed by atoms with Crippen LogP contribution in [-0.2, 0) is 0 Å². The lowest BCUT2D eigenvalue weighted by molar-refractivity contribution is 0.0695. The van der Waals surface area contributed by atoms with E-state index < -0.39 is 0 Å². The number of ether oxygens (including phenoxy) is 2.